The Morgan fingerprint density at radius 2 is 1.10 bits per heavy atom. The van der Waals surface area contributed by atoms with Crippen LogP contribution in [0, 0.1) is 0 Å². The van der Waals surface area contributed by atoms with Gasteiger partial charge in [-0.2, -0.15) is 0 Å². The largest absolute Gasteiger partial charge is 0.472 e. The summed E-state index contributed by atoms with van der Waals surface area (Å²) < 4.78 is 33.2. The van der Waals surface area contributed by atoms with Gasteiger partial charge in [0.2, 0.25) is 0 Å². The van der Waals surface area contributed by atoms with Crippen LogP contribution >= 0.6 is 7.82 Å². The Balaban J connectivity index is 4.17. The first-order chi connectivity index (χ1) is 24.8. The lowest BCUT2D eigenvalue weighted by molar-refractivity contribution is -0.154. The van der Waals surface area contributed by atoms with E-state index in [1.54, 1.807) is 0 Å². The molecule has 0 aromatic carbocycles. The molecule has 0 radical (unpaired) electrons. The Kier molecular flexibility index (Phi) is 37.0. The summed E-state index contributed by atoms with van der Waals surface area (Å²) in [5.41, 5.74) is 0. The zero-order valence-corrected chi connectivity index (χ0v) is 33.2. The van der Waals surface area contributed by atoms with Crippen LogP contribution in [0.25, 0.3) is 0 Å². The van der Waals surface area contributed by atoms with Crippen LogP contribution in [0.4, 0.5) is 0 Å². The summed E-state index contributed by atoms with van der Waals surface area (Å²) in [4.78, 5) is 22.4. The molecule has 0 saturated carbocycles. The average molecular weight is 743 g/mol. The minimum absolute atomic E-state index is 0.0377. The van der Waals surface area contributed by atoms with Gasteiger partial charge in [0.15, 0.2) is 0 Å². The van der Waals surface area contributed by atoms with E-state index >= 15 is 0 Å². The van der Waals surface area contributed by atoms with Crippen molar-refractivity contribution in [2.75, 3.05) is 33.0 Å². The first kappa shape index (κ1) is 49.4. The van der Waals surface area contributed by atoms with Gasteiger partial charge in [0, 0.05) is 13.0 Å². The van der Waals surface area contributed by atoms with Gasteiger partial charge in [0.05, 0.1) is 26.4 Å². The monoisotopic (exact) mass is 743 g/mol. The van der Waals surface area contributed by atoms with Gasteiger partial charge in [0.25, 0.3) is 0 Å². The lowest BCUT2D eigenvalue weighted by Gasteiger charge is -2.20. The number of aliphatic hydroxyl groups excluding tert-OH is 2. The average Bonchev–Trinajstić information content (AvgIpc) is 3.12. The maximum Gasteiger partial charge on any atom is 0.472 e. The number of hydrogen-bond acceptors (Lipinski definition) is 8. The van der Waals surface area contributed by atoms with Crippen molar-refractivity contribution in [1.29, 1.82) is 0 Å². The van der Waals surface area contributed by atoms with E-state index in [9.17, 15) is 19.4 Å². The number of aliphatic hydroxyl groups is 2. The van der Waals surface area contributed by atoms with E-state index < -0.39 is 39.2 Å². The van der Waals surface area contributed by atoms with Crippen molar-refractivity contribution in [3.8, 4) is 0 Å². The molecule has 3 unspecified atom stereocenters. The van der Waals surface area contributed by atoms with E-state index in [4.69, 9.17) is 23.6 Å². The number of phosphoric ester groups is 1. The molecule has 0 rings (SSSR count). The number of carbonyl (C=O) groups is 1. The molecule has 3 N–H and O–H groups in total. The van der Waals surface area contributed by atoms with Crippen LogP contribution in [0.15, 0.2) is 48.6 Å². The van der Waals surface area contributed by atoms with Crippen molar-refractivity contribution < 1.29 is 43.0 Å². The minimum Gasteiger partial charge on any atom is -0.457 e. The molecule has 0 heterocycles. The SMILES string of the molecule is CCC/C=C\CCCCCCCC(=O)OC(COCCCCCCCCC/C=C\C/C=C\C/C=C\CCCCC)COP(=O)(O)OCC(O)CO. The van der Waals surface area contributed by atoms with E-state index in [0.29, 0.717) is 13.0 Å². The standard InChI is InChI=1S/C41H75O9P/c1-3-5-7-9-11-13-15-16-17-18-19-20-21-22-23-24-26-28-30-32-34-47-37-40(38-49-51(45,46)48-36-39(43)35-42)50-41(44)33-31-29-27-25-14-12-10-8-6-4-2/h8,10-11,13,16-17,19-20,39-40,42-43H,3-7,9,12,14-15,18,21-38H2,1-2H3,(H,45,46)/b10-8-,13-11-,17-16-,20-19-. The Morgan fingerprint density at radius 1 is 0.608 bits per heavy atom. The van der Waals surface area contributed by atoms with Gasteiger partial charge in [-0.15, -0.1) is 0 Å². The molecule has 0 aromatic rings. The summed E-state index contributed by atoms with van der Waals surface area (Å²) in [6.07, 6.45) is 40.7. The molecule has 10 heteroatoms. The molecular formula is C41H75O9P. The van der Waals surface area contributed by atoms with Gasteiger partial charge >= 0.3 is 13.8 Å². The second-order valence-electron chi connectivity index (χ2n) is 13.3. The minimum atomic E-state index is -4.52. The second-order valence-corrected chi connectivity index (χ2v) is 14.7. The highest BCUT2D eigenvalue weighted by Gasteiger charge is 2.26. The number of unbranched alkanes of at least 4 members (excludes halogenated alkanes) is 16. The number of allylic oxidation sites excluding steroid dienone is 8. The highest BCUT2D eigenvalue weighted by atomic mass is 31.2. The van der Waals surface area contributed by atoms with Crippen LogP contribution in [0.5, 0.6) is 0 Å². The molecule has 0 spiro atoms. The summed E-state index contributed by atoms with van der Waals surface area (Å²) in [5, 5.41) is 18.3. The Morgan fingerprint density at radius 3 is 1.69 bits per heavy atom. The molecule has 9 nitrogen and oxygen atoms in total. The van der Waals surface area contributed by atoms with Gasteiger partial charge in [-0.05, 0) is 70.6 Å². The number of esters is 1. The zero-order chi connectivity index (χ0) is 37.5. The van der Waals surface area contributed by atoms with Crippen LogP contribution in [0.3, 0.4) is 0 Å². The number of rotatable bonds is 38. The molecule has 0 bridgehead atoms. The molecule has 0 aromatic heterocycles. The van der Waals surface area contributed by atoms with Crippen molar-refractivity contribution in [3.05, 3.63) is 48.6 Å². The number of carbonyl (C=O) groups excluding carboxylic acids is 1. The van der Waals surface area contributed by atoms with Gasteiger partial charge < -0.3 is 24.6 Å². The zero-order valence-electron chi connectivity index (χ0n) is 32.3. The van der Waals surface area contributed by atoms with Crippen molar-refractivity contribution in [2.45, 2.75) is 174 Å². The molecule has 0 aliphatic heterocycles. The highest BCUT2D eigenvalue weighted by molar-refractivity contribution is 7.47. The summed E-state index contributed by atoms with van der Waals surface area (Å²) in [5.74, 6) is -0.400. The molecule has 0 saturated heterocycles. The van der Waals surface area contributed by atoms with E-state index in [-0.39, 0.29) is 19.6 Å². The number of hydrogen-bond donors (Lipinski definition) is 3. The first-order valence-corrected chi connectivity index (χ1v) is 21.6. The first-order valence-electron chi connectivity index (χ1n) is 20.1. The van der Waals surface area contributed by atoms with Crippen LogP contribution < -0.4 is 0 Å². The quantitative estimate of drug-likeness (QED) is 0.0245. The normalized spacial score (nSPS) is 14.7. The predicted molar refractivity (Wildman–Crippen MR) is 210 cm³/mol. The van der Waals surface area contributed by atoms with Gasteiger partial charge in [-0.3, -0.25) is 13.8 Å². The Hall–Kier alpha value is -1.58. The van der Waals surface area contributed by atoms with Crippen molar-refractivity contribution in [3.63, 3.8) is 0 Å². The van der Waals surface area contributed by atoms with E-state index in [2.05, 4.69) is 62.5 Å². The molecular weight excluding hydrogens is 667 g/mol. The summed E-state index contributed by atoms with van der Waals surface area (Å²) in [6.45, 7) is 3.38. The number of phosphoric acid groups is 1. The van der Waals surface area contributed by atoms with Crippen LogP contribution in [-0.4, -0.2) is 66.3 Å². The van der Waals surface area contributed by atoms with Gasteiger partial charge in [0.1, 0.15) is 12.2 Å². The number of ether oxygens (including phenoxy) is 2. The molecule has 3 atom stereocenters. The van der Waals surface area contributed by atoms with Crippen molar-refractivity contribution >= 4 is 13.8 Å². The van der Waals surface area contributed by atoms with Gasteiger partial charge in [-0.1, -0.05) is 133 Å². The van der Waals surface area contributed by atoms with Crippen LogP contribution in [0.2, 0.25) is 0 Å². The fraction of sp³-hybridized carbons (Fsp3) is 0.780. The topological polar surface area (TPSA) is 132 Å². The maximum absolute atomic E-state index is 12.5. The molecule has 0 aliphatic rings. The smallest absolute Gasteiger partial charge is 0.457 e. The lowest BCUT2D eigenvalue weighted by Crippen LogP contribution is -2.29. The summed E-state index contributed by atoms with van der Waals surface area (Å²) in [7, 11) is -4.52. The molecule has 0 aliphatic carbocycles. The second kappa shape index (κ2) is 38.2. The molecule has 298 valence electrons. The third-order valence-corrected chi connectivity index (χ3v) is 9.17. The van der Waals surface area contributed by atoms with E-state index in [0.717, 1.165) is 77.0 Å². The fourth-order valence-electron chi connectivity index (χ4n) is 5.13. The Bertz CT molecular complexity index is 934. The maximum atomic E-state index is 12.5. The summed E-state index contributed by atoms with van der Waals surface area (Å²) >= 11 is 0. The van der Waals surface area contributed by atoms with Crippen LogP contribution in [-0.2, 0) is 27.9 Å². The van der Waals surface area contributed by atoms with Crippen LogP contribution in [0.1, 0.15) is 162 Å². The molecule has 0 fully saturated rings. The van der Waals surface area contributed by atoms with E-state index in [1.807, 2.05) is 0 Å². The third kappa shape index (κ3) is 38.0. The van der Waals surface area contributed by atoms with Gasteiger partial charge in [-0.25, -0.2) is 4.57 Å². The fourth-order valence-corrected chi connectivity index (χ4v) is 5.92. The molecule has 0 amide bonds. The molecule has 51 heavy (non-hydrogen) atoms. The lowest BCUT2D eigenvalue weighted by atomic mass is 10.1. The van der Waals surface area contributed by atoms with Crippen molar-refractivity contribution in [1.82, 2.24) is 0 Å². The highest BCUT2D eigenvalue weighted by Crippen LogP contribution is 2.43. The van der Waals surface area contributed by atoms with E-state index in [1.165, 1.54) is 57.8 Å². The summed E-state index contributed by atoms with van der Waals surface area (Å²) in [6, 6.07) is 0. The predicted octanol–water partition coefficient (Wildman–Crippen LogP) is 10.6. The Labute approximate surface area is 311 Å². The van der Waals surface area contributed by atoms with Crippen molar-refractivity contribution in [2.24, 2.45) is 0 Å². The third-order valence-electron chi connectivity index (χ3n) is 8.22.